The fourth-order valence-corrected chi connectivity index (χ4v) is 4.06. The van der Waals surface area contributed by atoms with Crippen LogP contribution in [-0.2, 0) is 24.0 Å². The number of esters is 3. The quantitative estimate of drug-likeness (QED) is 0.0877. The molecular weight excluding hydrogens is 552 g/mol. The van der Waals surface area contributed by atoms with E-state index in [9.17, 15) is 19.2 Å². The molecule has 0 amide bonds. The molecule has 0 radical (unpaired) electrons. The second-order valence-corrected chi connectivity index (χ2v) is 9.89. The number of carbonyl (C=O) groups excluding carboxylic acids is 4. The molecule has 4 rings (SSSR count). The van der Waals surface area contributed by atoms with E-state index in [-0.39, 0.29) is 22.3 Å². The Balaban J connectivity index is 1.64. The third-order valence-corrected chi connectivity index (χ3v) is 6.28. The van der Waals surface area contributed by atoms with E-state index in [1.165, 1.54) is 26.0 Å². The number of hydrogen-bond acceptors (Lipinski definition) is 9. The average Bonchev–Trinajstić information content (AvgIpc) is 3.05. The minimum Gasteiger partial charge on any atom is -0.459 e. The lowest BCUT2D eigenvalue weighted by Gasteiger charge is -2.36. The zero-order valence-electron chi connectivity index (χ0n) is 23.6. The van der Waals surface area contributed by atoms with Crippen molar-refractivity contribution in [2.75, 3.05) is 6.61 Å². The van der Waals surface area contributed by atoms with E-state index in [1.54, 1.807) is 109 Å². The average molecular weight is 583 g/mol. The van der Waals surface area contributed by atoms with Crippen LogP contribution in [0.1, 0.15) is 55.3 Å². The zero-order chi connectivity index (χ0) is 30.7. The van der Waals surface area contributed by atoms with Crippen LogP contribution in [0.5, 0.6) is 0 Å². The lowest BCUT2D eigenvalue weighted by Crippen LogP contribution is -2.53. The number of benzene rings is 4. The van der Waals surface area contributed by atoms with Gasteiger partial charge in [-0.1, -0.05) is 72.8 Å². The smallest absolute Gasteiger partial charge is 0.373 e. The first-order chi connectivity index (χ1) is 20.7. The molecule has 9 nitrogen and oxygen atoms in total. The largest absolute Gasteiger partial charge is 0.459 e. The van der Waals surface area contributed by atoms with Gasteiger partial charge in [0.05, 0.1) is 22.3 Å². The van der Waals surface area contributed by atoms with Gasteiger partial charge in [0.15, 0.2) is 12.2 Å². The van der Waals surface area contributed by atoms with Crippen molar-refractivity contribution in [2.24, 2.45) is 0 Å². The van der Waals surface area contributed by atoms with Crippen LogP contribution in [0.15, 0.2) is 121 Å². The van der Waals surface area contributed by atoms with Gasteiger partial charge >= 0.3 is 23.9 Å². The summed E-state index contributed by atoms with van der Waals surface area (Å²) < 4.78 is 17.2. The summed E-state index contributed by atoms with van der Waals surface area (Å²) in [5.41, 5.74) is -0.670. The molecule has 0 N–H and O–H groups in total. The minimum absolute atomic E-state index is 0.190. The Morgan fingerprint density at radius 3 is 1.42 bits per heavy atom. The van der Waals surface area contributed by atoms with Crippen LogP contribution in [0.25, 0.3) is 0 Å². The van der Waals surface area contributed by atoms with E-state index in [1.807, 2.05) is 0 Å². The van der Waals surface area contributed by atoms with Crippen molar-refractivity contribution in [1.82, 2.24) is 0 Å². The molecule has 0 saturated heterocycles. The van der Waals surface area contributed by atoms with Crippen molar-refractivity contribution in [1.29, 1.82) is 0 Å². The van der Waals surface area contributed by atoms with Crippen LogP contribution in [-0.4, -0.2) is 48.3 Å². The van der Waals surface area contributed by atoms with E-state index in [2.05, 4.69) is 0 Å². The van der Waals surface area contributed by atoms with Gasteiger partial charge in [0, 0.05) is 0 Å². The van der Waals surface area contributed by atoms with E-state index in [4.69, 9.17) is 24.0 Å². The van der Waals surface area contributed by atoms with Gasteiger partial charge in [-0.05, 0) is 62.4 Å². The Morgan fingerprint density at radius 2 is 0.953 bits per heavy atom. The number of hydrogen-bond donors (Lipinski definition) is 0. The zero-order valence-corrected chi connectivity index (χ0v) is 23.6. The fraction of sp³-hybridized carbons (Fsp3) is 0.176. The molecule has 0 aliphatic carbocycles. The number of ether oxygens (including phenoxy) is 3. The minimum atomic E-state index is -1.58. The molecule has 220 valence electrons. The molecule has 2 atom stereocenters. The molecule has 0 aliphatic rings. The highest BCUT2D eigenvalue weighted by Crippen LogP contribution is 2.27. The maximum absolute atomic E-state index is 13.2. The molecule has 0 saturated carbocycles. The molecule has 0 aromatic heterocycles. The van der Waals surface area contributed by atoms with Crippen molar-refractivity contribution in [3.8, 4) is 0 Å². The molecule has 0 aliphatic heterocycles. The molecule has 9 heteroatoms. The summed E-state index contributed by atoms with van der Waals surface area (Å²) in [5, 5.41) is 0. The van der Waals surface area contributed by atoms with Crippen molar-refractivity contribution in [3.63, 3.8) is 0 Å². The van der Waals surface area contributed by atoms with E-state index in [0.29, 0.717) is 0 Å². The van der Waals surface area contributed by atoms with Crippen LogP contribution < -0.4 is 0 Å². The molecule has 4 aromatic rings. The van der Waals surface area contributed by atoms with Gasteiger partial charge in [0.1, 0.15) is 12.2 Å². The highest BCUT2D eigenvalue weighted by molar-refractivity contribution is 5.91. The van der Waals surface area contributed by atoms with E-state index < -0.39 is 48.3 Å². The molecule has 0 bridgehead atoms. The van der Waals surface area contributed by atoms with Gasteiger partial charge in [-0.15, -0.1) is 0 Å². The van der Waals surface area contributed by atoms with Gasteiger partial charge < -0.3 is 14.2 Å². The third kappa shape index (κ3) is 8.61. The van der Waals surface area contributed by atoms with Crippen LogP contribution in [0, 0.1) is 0 Å². The first kappa shape index (κ1) is 30.7. The Labute approximate surface area is 248 Å². The standard InChI is InChI=1S/C34H30O9/c1-34(2,41-32(37)26-19-11-5-12-20-26)29(40-31(36)25-17-9-4-10-18-25)28(23-39-30(35)24-15-7-3-8-16-24)42-43-33(38)27-21-13-6-14-22-27/h3-22,28-29H,23H2,1-2H3/t28-,29?/m1/s1. The lowest BCUT2D eigenvalue weighted by molar-refractivity contribution is -0.308. The van der Waals surface area contributed by atoms with Gasteiger partial charge in [-0.3, -0.25) is 4.89 Å². The summed E-state index contributed by atoms with van der Waals surface area (Å²) in [6.45, 7) is 2.48. The third-order valence-electron chi connectivity index (χ3n) is 6.28. The molecule has 0 heterocycles. The SMILES string of the molecule is CC(C)(OC(=O)c1ccccc1)C(OC(=O)c1ccccc1)[C@@H](COC(=O)c1ccccc1)OOC(=O)c1ccccc1. The van der Waals surface area contributed by atoms with Gasteiger partial charge in [-0.25, -0.2) is 19.2 Å². The monoisotopic (exact) mass is 582 g/mol. The van der Waals surface area contributed by atoms with Crippen LogP contribution in [0.4, 0.5) is 0 Å². The molecular formula is C34H30O9. The van der Waals surface area contributed by atoms with Crippen molar-refractivity contribution in [2.45, 2.75) is 31.7 Å². The Morgan fingerprint density at radius 1 is 0.558 bits per heavy atom. The van der Waals surface area contributed by atoms with E-state index >= 15 is 0 Å². The topological polar surface area (TPSA) is 114 Å². The van der Waals surface area contributed by atoms with Crippen molar-refractivity contribution >= 4 is 23.9 Å². The van der Waals surface area contributed by atoms with E-state index in [0.717, 1.165) is 0 Å². The summed E-state index contributed by atoms with van der Waals surface area (Å²) in [4.78, 5) is 62.5. The Kier molecular flexibility index (Phi) is 10.4. The number of rotatable bonds is 12. The van der Waals surface area contributed by atoms with Crippen LogP contribution >= 0.6 is 0 Å². The van der Waals surface area contributed by atoms with Gasteiger partial charge in [-0.2, -0.15) is 4.89 Å². The number of carbonyl (C=O) groups is 4. The van der Waals surface area contributed by atoms with Crippen molar-refractivity contribution < 1.29 is 43.2 Å². The summed E-state index contributed by atoms with van der Waals surface area (Å²) in [7, 11) is 0. The fourth-order valence-electron chi connectivity index (χ4n) is 4.06. The normalized spacial score (nSPS) is 12.3. The summed E-state index contributed by atoms with van der Waals surface area (Å²) in [6, 6.07) is 32.6. The molecule has 0 spiro atoms. The highest BCUT2D eigenvalue weighted by Gasteiger charge is 2.45. The predicted octanol–water partition coefficient (Wildman–Crippen LogP) is 5.86. The first-order valence-electron chi connectivity index (χ1n) is 13.4. The molecule has 43 heavy (non-hydrogen) atoms. The van der Waals surface area contributed by atoms with Crippen LogP contribution in [0.2, 0.25) is 0 Å². The molecule has 0 fully saturated rings. The Bertz CT molecular complexity index is 1450. The molecule has 4 aromatic carbocycles. The maximum Gasteiger partial charge on any atom is 0.373 e. The Hall–Kier alpha value is -5.28. The maximum atomic E-state index is 13.2. The van der Waals surface area contributed by atoms with Crippen molar-refractivity contribution in [3.05, 3.63) is 144 Å². The van der Waals surface area contributed by atoms with Crippen LogP contribution in [0.3, 0.4) is 0 Å². The molecule has 1 unspecified atom stereocenters. The summed E-state index contributed by atoms with van der Waals surface area (Å²) in [6.07, 6.45) is -2.86. The highest BCUT2D eigenvalue weighted by atomic mass is 17.2. The van der Waals surface area contributed by atoms with Gasteiger partial charge in [0.2, 0.25) is 0 Å². The summed E-state index contributed by atoms with van der Waals surface area (Å²) in [5.74, 6) is -3.01. The first-order valence-corrected chi connectivity index (χ1v) is 13.4. The lowest BCUT2D eigenvalue weighted by atomic mass is 9.96. The second-order valence-electron chi connectivity index (χ2n) is 9.89. The summed E-state index contributed by atoms with van der Waals surface area (Å²) >= 11 is 0. The van der Waals surface area contributed by atoms with Gasteiger partial charge in [0.25, 0.3) is 0 Å². The predicted molar refractivity (Wildman–Crippen MR) is 155 cm³/mol. The second kappa shape index (κ2) is 14.6.